The molecule has 1 rings (SSSR count). The standard InChI is InChI=1S/C6H13NO2.ClH/c1-5-6(4-8)7-2-3-9-5;/h5-8H,2-4H2,1H3;1H/t5-,6+;/m0./s1. The SMILES string of the molecule is C[C@@H]1OCCN[C@@H]1CO.Cl. The van der Waals surface area contributed by atoms with Crippen molar-refractivity contribution in [1.29, 1.82) is 0 Å². The van der Waals surface area contributed by atoms with Gasteiger partial charge in [-0.15, -0.1) is 12.4 Å². The molecule has 0 saturated carbocycles. The minimum Gasteiger partial charge on any atom is -0.395 e. The fourth-order valence-corrected chi connectivity index (χ4v) is 0.984. The Bertz CT molecular complexity index is 91.8. The summed E-state index contributed by atoms with van der Waals surface area (Å²) in [5.74, 6) is 0. The van der Waals surface area contributed by atoms with E-state index in [0.29, 0.717) is 0 Å². The van der Waals surface area contributed by atoms with Crippen LogP contribution < -0.4 is 5.32 Å². The lowest BCUT2D eigenvalue weighted by Gasteiger charge is -2.28. The Hall–Kier alpha value is 0.170. The summed E-state index contributed by atoms with van der Waals surface area (Å²) in [4.78, 5) is 0. The van der Waals surface area contributed by atoms with E-state index in [1.165, 1.54) is 0 Å². The largest absolute Gasteiger partial charge is 0.395 e. The minimum atomic E-state index is 0. The van der Waals surface area contributed by atoms with Crippen LogP contribution in [0.4, 0.5) is 0 Å². The molecule has 2 atom stereocenters. The van der Waals surface area contributed by atoms with Crippen LogP contribution in [-0.2, 0) is 4.74 Å². The topological polar surface area (TPSA) is 41.5 Å². The van der Waals surface area contributed by atoms with Crippen LogP contribution in [0.25, 0.3) is 0 Å². The highest BCUT2D eigenvalue weighted by atomic mass is 35.5. The lowest BCUT2D eigenvalue weighted by atomic mass is 10.2. The van der Waals surface area contributed by atoms with Crippen molar-refractivity contribution in [1.82, 2.24) is 5.32 Å². The number of halogens is 1. The number of aliphatic hydroxyl groups is 1. The predicted molar refractivity (Wildman–Crippen MR) is 41.5 cm³/mol. The molecule has 0 unspecified atom stereocenters. The first-order valence-corrected chi connectivity index (χ1v) is 3.30. The molecule has 2 N–H and O–H groups in total. The fraction of sp³-hybridized carbons (Fsp3) is 1.00. The molecule has 1 aliphatic rings. The summed E-state index contributed by atoms with van der Waals surface area (Å²) in [6.07, 6.45) is 0.156. The summed E-state index contributed by atoms with van der Waals surface area (Å²) >= 11 is 0. The van der Waals surface area contributed by atoms with E-state index in [-0.39, 0.29) is 31.2 Å². The fourth-order valence-electron chi connectivity index (χ4n) is 0.984. The normalized spacial score (nSPS) is 33.0. The van der Waals surface area contributed by atoms with E-state index in [2.05, 4.69) is 5.32 Å². The number of hydrogen-bond acceptors (Lipinski definition) is 3. The molecule has 0 aromatic heterocycles. The molecule has 0 aliphatic carbocycles. The van der Waals surface area contributed by atoms with Crippen LogP contribution in [0.15, 0.2) is 0 Å². The second-order valence-electron chi connectivity index (χ2n) is 2.32. The third kappa shape index (κ3) is 2.42. The molecular formula is C6H14ClNO2. The summed E-state index contributed by atoms with van der Waals surface area (Å²) in [5.41, 5.74) is 0. The van der Waals surface area contributed by atoms with Crippen molar-refractivity contribution in [2.75, 3.05) is 19.8 Å². The van der Waals surface area contributed by atoms with Crippen molar-refractivity contribution in [2.45, 2.75) is 19.1 Å². The second-order valence-corrected chi connectivity index (χ2v) is 2.32. The van der Waals surface area contributed by atoms with Crippen LogP contribution >= 0.6 is 12.4 Å². The summed E-state index contributed by atoms with van der Waals surface area (Å²) in [6, 6.07) is 0.138. The number of hydrogen-bond donors (Lipinski definition) is 2. The van der Waals surface area contributed by atoms with E-state index in [1.54, 1.807) is 0 Å². The summed E-state index contributed by atoms with van der Waals surface area (Å²) in [7, 11) is 0. The Morgan fingerprint density at radius 2 is 2.40 bits per heavy atom. The number of morpholine rings is 1. The number of nitrogens with one attached hydrogen (secondary N) is 1. The molecule has 0 bridgehead atoms. The first kappa shape index (κ1) is 10.2. The predicted octanol–water partition coefficient (Wildman–Crippen LogP) is -0.223. The van der Waals surface area contributed by atoms with Gasteiger partial charge >= 0.3 is 0 Å². The van der Waals surface area contributed by atoms with Crippen molar-refractivity contribution in [3.05, 3.63) is 0 Å². The van der Waals surface area contributed by atoms with Gasteiger partial charge in [0.1, 0.15) is 0 Å². The highest BCUT2D eigenvalue weighted by molar-refractivity contribution is 5.85. The average Bonchev–Trinajstić information content (AvgIpc) is 1.89. The number of rotatable bonds is 1. The monoisotopic (exact) mass is 167 g/mol. The zero-order valence-corrected chi connectivity index (χ0v) is 6.86. The van der Waals surface area contributed by atoms with Gasteiger partial charge in [-0.2, -0.15) is 0 Å². The Morgan fingerprint density at radius 1 is 1.70 bits per heavy atom. The lowest BCUT2D eigenvalue weighted by molar-refractivity contribution is -0.00795. The van der Waals surface area contributed by atoms with E-state index in [9.17, 15) is 0 Å². The van der Waals surface area contributed by atoms with Crippen LogP contribution in [0.5, 0.6) is 0 Å². The van der Waals surface area contributed by atoms with Gasteiger partial charge in [-0.05, 0) is 6.92 Å². The van der Waals surface area contributed by atoms with E-state index >= 15 is 0 Å². The van der Waals surface area contributed by atoms with Crippen molar-refractivity contribution in [3.63, 3.8) is 0 Å². The van der Waals surface area contributed by atoms with Crippen molar-refractivity contribution < 1.29 is 9.84 Å². The molecule has 0 spiro atoms. The summed E-state index contributed by atoms with van der Waals surface area (Å²) in [5, 5.41) is 11.9. The van der Waals surface area contributed by atoms with Gasteiger partial charge in [0.2, 0.25) is 0 Å². The maximum absolute atomic E-state index is 8.72. The van der Waals surface area contributed by atoms with Gasteiger partial charge in [-0.25, -0.2) is 0 Å². The molecule has 62 valence electrons. The second kappa shape index (κ2) is 4.91. The van der Waals surface area contributed by atoms with Gasteiger partial charge in [-0.3, -0.25) is 0 Å². The highest BCUT2D eigenvalue weighted by Gasteiger charge is 2.19. The van der Waals surface area contributed by atoms with Gasteiger partial charge in [0, 0.05) is 6.54 Å². The third-order valence-electron chi connectivity index (χ3n) is 1.65. The van der Waals surface area contributed by atoms with Gasteiger partial charge in [0.15, 0.2) is 0 Å². The maximum Gasteiger partial charge on any atom is 0.0723 e. The number of ether oxygens (including phenoxy) is 1. The molecule has 10 heavy (non-hydrogen) atoms. The molecule has 0 amide bonds. The van der Waals surface area contributed by atoms with Crippen LogP contribution in [0.3, 0.4) is 0 Å². The van der Waals surface area contributed by atoms with Crippen molar-refractivity contribution >= 4 is 12.4 Å². The Kier molecular flexibility index (Phi) is 4.99. The Labute approximate surface area is 67.2 Å². The van der Waals surface area contributed by atoms with E-state index in [1.807, 2.05) is 6.92 Å². The number of aliphatic hydroxyl groups excluding tert-OH is 1. The molecule has 1 heterocycles. The molecular weight excluding hydrogens is 154 g/mol. The van der Waals surface area contributed by atoms with Crippen LogP contribution in [-0.4, -0.2) is 37.0 Å². The molecule has 1 aliphatic heterocycles. The first-order chi connectivity index (χ1) is 4.34. The molecule has 1 saturated heterocycles. The van der Waals surface area contributed by atoms with Crippen LogP contribution in [0.1, 0.15) is 6.92 Å². The zero-order chi connectivity index (χ0) is 6.69. The van der Waals surface area contributed by atoms with Crippen LogP contribution in [0.2, 0.25) is 0 Å². The first-order valence-electron chi connectivity index (χ1n) is 3.30. The van der Waals surface area contributed by atoms with Gasteiger partial charge in [-0.1, -0.05) is 0 Å². The summed E-state index contributed by atoms with van der Waals surface area (Å²) in [6.45, 7) is 3.75. The van der Waals surface area contributed by atoms with Gasteiger partial charge < -0.3 is 15.2 Å². The van der Waals surface area contributed by atoms with E-state index in [4.69, 9.17) is 9.84 Å². The lowest BCUT2D eigenvalue weighted by Crippen LogP contribution is -2.48. The molecule has 0 aromatic carbocycles. The van der Waals surface area contributed by atoms with Crippen molar-refractivity contribution in [3.8, 4) is 0 Å². The maximum atomic E-state index is 8.72. The van der Waals surface area contributed by atoms with Crippen molar-refractivity contribution in [2.24, 2.45) is 0 Å². The van der Waals surface area contributed by atoms with Gasteiger partial charge in [0.25, 0.3) is 0 Å². The Balaban J connectivity index is 0.000000810. The molecule has 3 nitrogen and oxygen atoms in total. The quantitative estimate of drug-likeness (QED) is 0.568. The molecule has 1 fully saturated rings. The zero-order valence-electron chi connectivity index (χ0n) is 6.04. The molecule has 4 heteroatoms. The molecule has 0 aromatic rings. The smallest absolute Gasteiger partial charge is 0.0723 e. The average molecular weight is 168 g/mol. The van der Waals surface area contributed by atoms with Crippen LogP contribution in [0, 0.1) is 0 Å². The Morgan fingerprint density at radius 3 is 2.80 bits per heavy atom. The van der Waals surface area contributed by atoms with Gasteiger partial charge in [0.05, 0.1) is 25.4 Å². The summed E-state index contributed by atoms with van der Waals surface area (Å²) < 4.78 is 5.26. The third-order valence-corrected chi connectivity index (χ3v) is 1.65. The van der Waals surface area contributed by atoms with E-state index < -0.39 is 0 Å². The van der Waals surface area contributed by atoms with E-state index in [0.717, 1.165) is 13.2 Å². The molecule has 0 radical (unpaired) electrons. The highest BCUT2D eigenvalue weighted by Crippen LogP contribution is 2.01. The minimum absolute atomic E-state index is 0.